The lowest BCUT2D eigenvalue weighted by Crippen LogP contribution is -2.88. The third-order valence-electron chi connectivity index (χ3n) is 6.55. The van der Waals surface area contributed by atoms with E-state index >= 15 is 0 Å². The smallest absolute Gasteiger partial charge is 0.344 e. The Hall–Kier alpha value is -4.16. The first-order valence-electron chi connectivity index (χ1n) is 13.8. The summed E-state index contributed by atoms with van der Waals surface area (Å²) in [4.78, 5) is 52.6. The summed E-state index contributed by atoms with van der Waals surface area (Å²) in [7, 11) is 7.49. The molecule has 3 heterocycles. The summed E-state index contributed by atoms with van der Waals surface area (Å²) in [5.41, 5.74) is 2.75. The molecule has 0 bridgehead atoms. The lowest BCUT2D eigenvalue weighted by molar-refractivity contribution is -0.555. The molecular weight excluding hydrogens is 524 g/mol. The monoisotopic (exact) mass is 567 g/mol. The van der Waals surface area contributed by atoms with E-state index in [2.05, 4.69) is 34.7 Å². The quantitative estimate of drug-likeness (QED) is 0.235. The molecule has 0 aliphatic heterocycles. The molecular formula is C29H43N8O4+. The van der Waals surface area contributed by atoms with Crippen molar-refractivity contribution in [1.29, 1.82) is 0 Å². The Bertz CT molecular complexity index is 1400. The largest absolute Gasteiger partial charge is 0.359 e. The molecule has 0 radical (unpaired) electrons. The molecule has 222 valence electrons. The number of anilines is 3. The fourth-order valence-corrected chi connectivity index (χ4v) is 4.43. The van der Waals surface area contributed by atoms with Crippen LogP contribution in [0, 0.1) is 5.92 Å². The highest BCUT2D eigenvalue weighted by Crippen LogP contribution is 2.21. The van der Waals surface area contributed by atoms with Crippen molar-refractivity contribution in [2.75, 3.05) is 43.1 Å². The van der Waals surface area contributed by atoms with E-state index < -0.39 is 0 Å². The molecule has 0 fully saturated rings. The number of primary amides is 1. The molecule has 12 nitrogen and oxygen atoms in total. The highest BCUT2D eigenvalue weighted by Gasteiger charge is 2.20. The number of hydrogen-bond donors (Lipinski definition) is 4. The third kappa shape index (κ3) is 8.92. The van der Waals surface area contributed by atoms with Crippen molar-refractivity contribution in [3.05, 3.63) is 53.9 Å². The van der Waals surface area contributed by atoms with E-state index in [1.165, 1.54) is 6.92 Å². The average Bonchev–Trinajstić information content (AvgIpc) is 3.56. The molecule has 0 spiro atoms. The fourth-order valence-electron chi connectivity index (χ4n) is 4.43. The summed E-state index contributed by atoms with van der Waals surface area (Å²) in [6, 6.07) is 4.90. The van der Waals surface area contributed by atoms with Gasteiger partial charge in [0, 0.05) is 59.1 Å². The van der Waals surface area contributed by atoms with Gasteiger partial charge in [-0.25, -0.2) is 4.79 Å². The van der Waals surface area contributed by atoms with E-state index in [-0.39, 0.29) is 23.6 Å². The zero-order valence-electron chi connectivity index (χ0n) is 25.1. The van der Waals surface area contributed by atoms with Crippen LogP contribution in [-0.2, 0) is 25.4 Å². The second-order valence-electron chi connectivity index (χ2n) is 11.0. The molecule has 4 amide bonds. The Morgan fingerprint density at radius 1 is 0.829 bits per heavy atom. The van der Waals surface area contributed by atoms with Gasteiger partial charge in [0.1, 0.15) is 17.1 Å². The number of rotatable bonds is 13. The van der Waals surface area contributed by atoms with Gasteiger partial charge in [-0.2, -0.15) is 0 Å². The van der Waals surface area contributed by atoms with E-state index in [9.17, 15) is 19.2 Å². The van der Waals surface area contributed by atoms with Gasteiger partial charge in [-0.05, 0) is 44.6 Å². The fraction of sp³-hybridized carbons (Fsp3) is 0.448. The Morgan fingerprint density at radius 2 is 1.37 bits per heavy atom. The number of quaternary nitrogens is 1. The van der Waals surface area contributed by atoms with E-state index in [1.54, 1.807) is 65.3 Å². The Morgan fingerprint density at radius 3 is 1.98 bits per heavy atom. The summed E-state index contributed by atoms with van der Waals surface area (Å²) >= 11 is 0. The molecule has 3 aromatic heterocycles. The summed E-state index contributed by atoms with van der Waals surface area (Å²) in [5, 5.41) is 10.1. The summed E-state index contributed by atoms with van der Waals surface area (Å²) in [6.07, 6.45) is 6.84. The Labute approximate surface area is 241 Å². The van der Waals surface area contributed by atoms with Crippen LogP contribution in [0.15, 0.2) is 36.8 Å². The van der Waals surface area contributed by atoms with Crippen molar-refractivity contribution in [3.8, 4) is 0 Å². The van der Waals surface area contributed by atoms with Crippen LogP contribution in [0.4, 0.5) is 17.1 Å². The van der Waals surface area contributed by atoms with Gasteiger partial charge in [0.15, 0.2) is 0 Å². The molecule has 5 N–H and O–H groups in total. The predicted octanol–water partition coefficient (Wildman–Crippen LogP) is 2.33. The van der Waals surface area contributed by atoms with Crippen LogP contribution >= 0.6 is 0 Å². The number of carbonyl (C=O) groups is 4. The average molecular weight is 568 g/mol. The molecule has 3 aromatic rings. The standard InChI is InChI=1S/C29H42N8O4/c1-19(2)9-12-37-18-23(33-28(40)25-13-21(16-36(25)7)31-20(3)38)15-26(37)29(41)32-22-14-24(35(6)17-22)27(39)30-10-8-11-34(4)5/h13-19H,8-12H2,1-7H3,(H,30,39)(H,31,38)(H,32,41)(H,33,40)/p+1. The van der Waals surface area contributed by atoms with Crippen LogP contribution in [0.3, 0.4) is 0 Å². The van der Waals surface area contributed by atoms with Crippen molar-refractivity contribution < 1.29 is 24.5 Å². The molecule has 0 aliphatic rings. The molecule has 0 aromatic carbocycles. The number of nitrogens with one attached hydrogen (secondary N) is 3. The molecule has 0 unspecified atom stereocenters. The maximum absolute atomic E-state index is 13.4. The normalized spacial score (nSPS) is 11.2. The van der Waals surface area contributed by atoms with Crippen LogP contribution in [-0.4, -0.2) is 69.4 Å². The first-order chi connectivity index (χ1) is 19.3. The highest BCUT2D eigenvalue weighted by molar-refractivity contribution is 6.07. The van der Waals surface area contributed by atoms with Gasteiger partial charge in [-0.3, -0.25) is 19.7 Å². The van der Waals surface area contributed by atoms with Crippen LogP contribution in [0.1, 0.15) is 65.1 Å². The predicted molar refractivity (Wildman–Crippen MR) is 159 cm³/mol. The molecule has 41 heavy (non-hydrogen) atoms. The van der Waals surface area contributed by atoms with Crippen LogP contribution in [0.25, 0.3) is 0 Å². The maximum atomic E-state index is 13.4. The number of amides is 4. The number of nitrogens with two attached hydrogens (primary N) is 1. The number of carbonyl (C=O) groups excluding carboxylic acids is 4. The second-order valence-corrected chi connectivity index (χ2v) is 11.0. The number of aryl methyl sites for hydroxylation is 3. The van der Waals surface area contributed by atoms with Gasteiger partial charge in [0.25, 0.3) is 11.8 Å². The van der Waals surface area contributed by atoms with E-state index in [1.807, 2.05) is 18.7 Å². The van der Waals surface area contributed by atoms with Crippen molar-refractivity contribution >= 4 is 40.7 Å². The highest BCUT2D eigenvalue weighted by atomic mass is 16.2. The van der Waals surface area contributed by atoms with Crippen LogP contribution < -0.4 is 21.3 Å². The van der Waals surface area contributed by atoms with Gasteiger partial charge in [0.05, 0.1) is 23.6 Å². The van der Waals surface area contributed by atoms with Crippen molar-refractivity contribution in [2.45, 2.75) is 40.2 Å². The van der Waals surface area contributed by atoms with Crippen LogP contribution in [0.5, 0.6) is 0 Å². The molecule has 0 atom stereocenters. The van der Waals surface area contributed by atoms with Gasteiger partial charge in [0.2, 0.25) is 5.91 Å². The minimum atomic E-state index is -0.370. The Balaban J connectivity index is 1.75. The van der Waals surface area contributed by atoms with E-state index in [4.69, 9.17) is 0 Å². The van der Waals surface area contributed by atoms with E-state index in [0.29, 0.717) is 53.2 Å². The first-order valence-corrected chi connectivity index (χ1v) is 13.8. The topological polar surface area (TPSA) is 139 Å². The third-order valence-corrected chi connectivity index (χ3v) is 6.55. The van der Waals surface area contributed by atoms with E-state index in [0.717, 1.165) is 19.4 Å². The molecule has 3 rings (SSSR count). The maximum Gasteiger partial charge on any atom is 0.359 e. The van der Waals surface area contributed by atoms with Crippen molar-refractivity contribution in [2.24, 2.45) is 20.0 Å². The van der Waals surface area contributed by atoms with Crippen molar-refractivity contribution in [3.63, 3.8) is 0 Å². The van der Waals surface area contributed by atoms with Crippen molar-refractivity contribution in [1.82, 2.24) is 18.6 Å². The van der Waals surface area contributed by atoms with Gasteiger partial charge in [-0.15, -0.1) is 0 Å². The number of hydrogen-bond acceptors (Lipinski definition) is 5. The minimum Gasteiger partial charge on any atom is -0.344 e. The van der Waals surface area contributed by atoms with Crippen LogP contribution in [0.2, 0.25) is 0 Å². The van der Waals surface area contributed by atoms with Gasteiger partial charge >= 0.3 is 5.91 Å². The zero-order valence-corrected chi connectivity index (χ0v) is 25.1. The SMILES string of the molecule is CC(=O)Nc1cc(C(=O)Nc2cc(C(=O)Nc3cc(C(=O)[NH2+]CCCN(C)C)n(C)c3)n(CCC(C)C)c2)n(C)c1. The molecule has 0 saturated heterocycles. The number of aromatic nitrogens is 3. The summed E-state index contributed by atoms with van der Waals surface area (Å²) in [6.45, 7) is 7.79. The number of nitrogens with zero attached hydrogens (tertiary/aromatic N) is 4. The lowest BCUT2D eigenvalue weighted by atomic mass is 10.1. The second kappa shape index (κ2) is 14.0. The first kappa shape index (κ1) is 31.4. The Kier molecular flexibility index (Phi) is 10.7. The molecule has 12 heteroatoms. The summed E-state index contributed by atoms with van der Waals surface area (Å²) < 4.78 is 5.16. The van der Waals surface area contributed by atoms with Gasteiger partial charge < -0.3 is 34.6 Å². The lowest BCUT2D eigenvalue weighted by Gasteiger charge is -2.10. The minimum absolute atomic E-state index is 0.0839. The van der Waals surface area contributed by atoms with Gasteiger partial charge in [-0.1, -0.05) is 13.8 Å². The summed E-state index contributed by atoms with van der Waals surface area (Å²) in [5.74, 6) is -0.614. The molecule has 0 aliphatic carbocycles. The molecule has 0 saturated carbocycles. The zero-order chi connectivity index (χ0) is 30.3.